The maximum Gasteiger partial charge on any atom is 0.294 e. The molecule has 1 amide bonds. The van der Waals surface area contributed by atoms with E-state index in [0.717, 1.165) is 5.56 Å². The molecule has 0 radical (unpaired) electrons. The van der Waals surface area contributed by atoms with Crippen molar-refractivity contribution in [3.8, 4) is 0 Å². The summed E-state index contributed by atoms with van der Waals surface area (Å²) in [6.45, 7) is 2.26. The van der Waals surface area contributed by atoms with Gasteiger partial charge in [-0.05, 0) is 46.2 Å². The van der Waals surface area contributed by atoms with E-state index >= 15 is 0 Å². The highest BCUT2D eigenvalue weighted by atomic mass is 79.9. The lowest BCUT2D eigenvalue weighted by molar-refractivity contribution is -0.384. The van der Waals surface area contributed by atoms with Gasteiger partial charge in [0.2, 0.25) is 5.91 Å². The SMILES string of the molecule is Cc1cc(Br)c(N2CC(CS)CC2=O)c([N+](=O)[O-])c1. The molecule has 5 nitrogen and oxygen atoms in total. The Morgan fingerprint density at radius 3 is 2.79 bits per heavy atom. The number of nitro groups is 1. The van der Waals surface area contributed by atoms with Crippen molar-refractivity contribution in [3.05, 3.63) is 32.3 Å². The molecule has 1 atom stereocenters. The first-order chi connectivity index (χ1) is 8.93. The predicted octanol–water partition coefficient (Wildman–Crippen LogP) is 2.95. The fraction of sp³-hybridized carbons (Fsp3) is 0.417. The van der Waals surface area contributed by atoms with Crippen molar-refractivity contribution in [2.45, 2.75) is 13.3 Å². The zero-order valence-corrected chi connectivity index (χ0v) is 12.8. The second-order valence-corrected chi connectivity index (χ2v) is 5.85. The summed E-state index contributed by atoms with van der Waals surface area (Å²) in [7, 11) is 0. The number of aryl methyl sites for hydroxylation is 1. The van der Waals surface area contributed by atoms with E-state index < -0.39 is 4.92 Å². The van der Waals surface area contributed by atoms with E-state index in [-0.39, 0.29) is 17.5 Å². The molecule has 1 aromatic carbocycles. The number of anilines is 1. The topological polar surface area (TPSA) is 63.5 Å². The third kappa shape index (κ3) is 2.76. The first kappa shape index (κ1) is 14.3. The zero-order valence-electron chi connectivity index (χ0n) is 10.3. The van der Waals surface area contributed by atoms with Gasteiger partial charge >= 0.3 is 0 Å². The molecular formula is C12H13BrN2O3S. The smallest absolute Gasteiger partial charge is 0.294 e. The van der Waals surface area contributed by atoms with Gasteiger partial charge in [-0.25, -0.2) is 0 Å². The molecule has 0 saturated carbocycles. The van der Waals surface area contributed by atoms with Crippen LogP contribution in [0.3, 0.4) is 0 Å². The molecule has 1 saturated heterocycles. The van der Waals surface area contributed by atoms with E-state index in [1.54, 1.807) is 13.0 Å². The van der Waals surface area contributed by atoms with Crippen LogP contribution >= 0.6 is 28.6 Å². The molecule has 1 aromatic rings. The van der Waals surface area contributed by atoms with Crippen LogP contribution < -0.4 is 4.90 Å². The Morgan fingerprint density at radius 2 is 2.26 bits per heavy atom. The number of hydrogen-bond acceptors (Lipinski definition) is 4. The molecule has 0 spiro atoms. The van der Waals surface area contributed by atoms with E-state index in [4.69, 9.17) is 0 Å². The number of benzene rings is 1. The van der Waals surface area contributed by atoms with Gasteiger partial charge in [-0.15, -0.1) is 0 Å². The van der Waals surface area contributed by atoms with Gasteiger partial charge in [0, 0.05) is 23.5 Å². The van der Waals surface area contributed by atoms with Gasteiger partial charge in [-0.2, -0.15) is 12.6 Å². The van der Waals surface area contributed by atoms with Gasteiger partial charge < -0.3 is 4.90 Å². The number of nitrogens with zero attached hydrogens (tertiary/aromatic N) is 2. The molecular weight excluding hydrogens is 332 g/mol. The summed E-state index contributed by atoms with van der Waals surface area (Å²) < 4.78 is 0.576. The third-order valence-corrected chi connectivity index (χ3v) is 4.24. The number of amides is 1. The Kier molecular flexibility index (Phi) is 4.15. The van der Waals surface area contributed by atoms with E-state index in [2.05, 4.69) is 28.6 Å². The van der Waals surface area contributed by atoms with Crippen LogP contribution in [0.15, 0.2) is 16.6 Å². The van der Waals surface area contributed by atoms with E-state index in [9.17, 15) is 14.9 Å². The third-order valence-electron chi connectivity index (χ3n) is 3.12. The maximum atomic E-state index is 12.0. The van der Waals surface area contributed by atoms with Crippen molar-refractivity contribution >= 4 is 45.8 Å². The van der Waals surface area contributed by atoms with Gasteiger partial charge in [0.1, 0.15) is 5.69 Å². The van der Waals surface area contributed by atoms with Gasteiger partial charge in [0.05, 0.1) is 4.92 Å². The molecule has 7 heteroatoms. The maximum absolute atomic E-state index is 12.0. The molecule has 102 valence electrons. The van der Waals surface area contributed by atoms with Crippen LogP contribution in [-0.2, 0) is 4.79 Å². The van der Waals surface area contributed by atoms with E-state index in [1.165, 1.54) is 11.0 Å². The molecule has 0 aliphatic carbocycles. The first-order valence-electron chi connectivity index (χ1n) is 5.79. The van der Waals surface area contributed by atoms with E-state index in [1.807, 2.05) is 0 Å². The zero-order chi connectivity index (χ0) is 14.2. The number of hydrogen-bond donors (Lipinski definition) is 1. The number of thiol groups is 1. The molecule has 0 N–H and O–H groups in total. The second-order valence-electron chi connectivity index (χ2n) is 4.63. The van der Waals surface area contributed by atoms with Gasteiger partial charge in [-0.1, -0.05) is 0 Å². The summed E-state index contributed by atoms with van der Waals surface area (Å²) in [6.07, 6.45) is 0.390. The normalized spacial score (nSPS) is 19.0. The Bertz CT molecular complexity index is 550. The van der Waals surface area contributed by atoms with Crippen molar-refractivity contribution in [2.75, 3.05) is 17.2 Å². The number of nitro benzene ring substituents is 1. The van der Waals surface area contributed by atoms with Crippen molar-refractivity contribution in [2.24, 2.45) is 5.92 Å². The van der Waals surface area contributed by atoms with Crippen LogP contribution in [0.1, 0.15) is 12.0 Å². The standard InChI is InChI=1S/C12H13BrN2O3S/c1-7-2-9(13)12(10(3-7)15(17)18)14-5-8(6-19)4-11(14)16/h2-3,8,19H,4-6H2,1H3. The van der Waals surface area contributed by atoms with Crippen LogP contribution in [-0.4, -0.2) is 23.1 Å². The molecule has 1 heterocycles. The summed E-state index contributed by atoms with van der Waals surface area (Å²) in [5, 5.41) is 11.2. The second kappa shape index (κ2) is 5.50. The first-order valence-corrected chi connectivity index (χ1v) is 7.22. The Morgan fingerprint density at radius 1 is 1.58 bits per heavy atom. The van der Waals surface area contributed by atoms with Crippen molar-refractivity contribution in [1.29, 1.82) is 0 Å². The monoisotopic (exact) mass is 344 g/mol. The minimum absolute atomic E-state index is 0.0416. The lowest BCUT2D eigenvalue weighted by atomic mass is 10.1. The van der Waals surface area contributed by atoms with Crippen LogP contribution in [0, 0.1) is 23.0 Å². The quantitative estimate of drug-likeness (QED) is 0.520. The summed E-state index contributed by atoms with van der Waals surface area (Å²) in [4.78, 5) is 24.2. The average molecular weight is 345 g/mol. The summed E-state index contributed by atoms with van der Waals surface area (Å²) in [6, 6.07) is 3.27. The van der Waals surface area contributed by atoms with Gasteiger partial charge in [-0.3, -0.25) is 14.9 Å². The summed E-state index contributed by atoms with van der Waals surface area (Å²) in [5.74, 6) is 0.648. The lowest BCUT2D eigenvalue weighted by Crippen LogP contribution is -2.26. The van der Waals surface area contributed by atoms with Gasteiger partial charge in [0.15, 0.2) is 0 Å². The van der Waals surface area contributed by atoms with Crippen molar-refractivity contribution in [3.63, 3.8) is 0 Å². The Labute approximate surface area is 124 Å². The van der Waals surface area contributed by atoms with Crippen LogP contribution in [0.4, 0.5) is 11.4 Å². The number of carbonyl (C=O) groups excluding carboxylic acids is 1. The highest BCUT2D eigenvalue weighted by molar-refractivity contribution is 9.10. The molecule has 1 aliphatic rings. The van der Waals surface area contributed by atoms with Crippen molar-refractivity contribution in [1.82, 2.24) is 0 Å². The molecule has 1 aliphatic heterocycles. The highest BCUT2D eigenvalue weighted by Gasteiger charge is 2.35. The summed E-state index contributed by atoms with van der Waals surface area (Å²) in [5.41, 5.74) is 1.09. The fourth-order valence-corrected chi connectivity index (χ4v) is 3.27. The molecule has 19 heavy (non-hydrogen) atoms. The average Bonchev–Trinajstić information content (AvgIpc) is 2.69. The Hall–Kier alpha value is -1.08. The molecule has 1 fully saturated rings. The minimum Gasteiger partial charge on any atom is -0.305 e. The molecule has 0 aromatic heterocycles. The highest BCUT2D eigenvalue weighted by Crippen LogP contribution is 2.39. The largest absolute Gasteiger partial charge is 0.305 e. The lowest BCUT2D eigenvalue weighted by Gasteiger charge is -2.18. The van der Waals surface area contributed by atoms with Crippen molar-refractivity contribution < 1.29 is 9.72 Å². The number of halogens is 1. The minimum atomic E-state index is -0.450. The molecule has 2 rings (SSSR count). The Balaban J connectivity index is 2.50. The fourth-order valence-electron chi connectivity index (χ4n) is 2.24. The number of rotatable bonds is 3. The van der Waals surface area contributed by atoms with E-state index in [0.29, 0.717) is 28.9 Å². The number of carbonyl (C=O) groups is 1. The van der Waals surface area contributed by atoms with Crippen LogP contribution in [0.2, 0.25) is 0 Å². The molecule has 1 unspecified atom stereocenters. The van der Waals surface area contributed by atoms with Gasteiger partial charge in [0.25, 0.3) is 5.69 Å². The van der Waals surface area contributed by atoms with Crippen LogP contribution in [0.5, 0.6) is 0 Å². The molecule has 0 bridgehead atoms. The predicted molar refractivity (Wildman–Crippen MR) is 79.8 cm³/mol. The summed E-state index contributed by atoms with van der Waals surface area (Å²) >= 11 is 7.52. The van der Waals surface area contributed by atoms with Crippen LogP contribution in [0.25, 0.3) is 0 Å².